The second-order valence-corrected chi connectivity index (χ2v) is 7.29. The number of benzene rings is 1. The van der Waals surface area contributed by atoms with E-state index in [0.29, 0.717) is 11.5 Å². The van der Waals surface area contributed by atoms with Gasteiger partial charge in [-0.15, -0.1) is 0 Å². The van der Waals surface area contributed by atoms with Crippen molar-refractivity contribution in [3.63, 3.8) is 0 Å². The summed E-state index contributed by atoms with van der Waals surface area (Å²) in [5, 5.41) is 4.21. The minimum atomic E-state index is -0.467. The van der Waals surface area contributed by atoms with E-state index in [2.05, 4.69) is 17.3 Å². The molecule has 1 saturated carbocycles. The first-order valence-electron chi connectivity index (χ1n) is 8.81. The van der Waals surface area contributed by atoms with E-state index in [0.717, 1.165) is 29.7 Å². The Kier molecular flexibility index (Phi) is 3.91. The van der Waals surface area contributed by atoms with Gasteiger partial charge in [0.15, 0.2) is 5.78 Å². The number of fused-ring (bicyclic) bond motifs is 1. The highest BCUT2D eigenvalue weighted by Crippen LogP contribution is 2.48. The van der Waals surface area contributed by atoms with E-state index >= 15 is 0 Å². The summed E-state index contributed by atoms with van der Waals surface area (Å²) < 4.78 is 0. The summed E-state index contributed by atoms with van der Waals surface area (Å²) in [6, 6.07) is 7.21. The minimum Gasteiger partial charge on any atom is -0.313 e. The molecule has 128 valence electrons. The molecule has 1 fully saturated rings. The maximum atomic E-state index is 12.5. The first-order chi connectivity index (χ1) is 12.0. The van der Waals surface area contributed by atoms with Gasteiger partial charge in [-0.2, -0.15) is 0 Å². The second-order valence-electron chi connectivity index (χ2n) is 7.29. The van der Waals surface area contributed by atoms with Crippen LogP contribution in [-0.2, 0) is 9.63 Å². The zero-order valence-corrected chi connectivity index (χ0v) is 14.4. The van der Waals surface area contributed by atoms with E-state index in [-0.39, 0.29) is 23.5 Å². The van der Waals surface area contributed by atoms with Crippen molar-refractivity contribution >= 4 is 17.5 Å². The Hall–Kier alpha value is -2.49. The van der Waals surface area contributed by atoms with Crippen molar-refractivity contribution in [2.75, 3.05) is 0 Å². The van der Waals surface area contributed by atoms with Crippen LogP contribution in [0.1, 0.15) is 35.7 Å². The predicted molar refractivity (Wildman–Crippen MR) is 95.1 cm³/mol. The van der Waals surface area contributed by atoms with Gasteiger partial charge in [-0.25, -0.2) is 4.79 Å². The molecule has 4 atom stereocenters. The minimum absolute atomic E-state index is 0.0343. The van der Waals surface area contributed by atoms with Gasteiger partial charge >= 0.3 is 5.97 Å². The van der Waals surface area contributed by atoms with Gasteiger partial charge < -0.3 is 4.84 Å². The summed E-state index contributed by atoms with van der Waals surface area (Å²) >= 11 is 0. The Morgan fingerprint density at radius 3 is 2.32 bits per heavy atom. The fraction of sp³-hybridized carbons (Fsp3) is 0.381. The van der Waals surface area contributed by atoms with Crippen molar-refractivity contribution in [3.05, 3.63) is 59.2 Å². The SMILES string of the molecule is CC1=CC(=O)[C@H]2[C@@H](/C1=N/OC(=O)c1ccc(C)cc1)[C@H]1C=C[C@H]2CC1. The van der Waals surface area contributed by atoms with Crippen LogP contribution in [0.5, 0.6) is 0 Å². The van der Waals surface area contributed by atoms with Gasteiger partial charge in [-0.3, -0.25) is 4.79 Å². The van der Waals surface area contributed by atoms with Crippen LogP contribution < -0.4 is 0 Å². The molecule has 1 aromatic carbocycles. The number of oxime groups is 1. The number of hydrogen-bond acceptors (Lipinski definition) is 4. The molecule has 5 rings (SSSR count). The van der Waals surface area contributed by atoms with Gasteiger partial charge in [0.05, 0.1) is 11.3 Å². The van der Waals surface area contributed by atoms with E-state index in [1.54, 1.807) is 18.2 Å². The summed E-state index contributed by atoms with van der Waals surface area (Å²) in [5.41, 5.74) is 3.12. The van der Waals surface area contributed by atoms with Crippen LogP contribution >= 0.6 is 0 Å². The van der Waals surface area contributed by atoms with Crippen LogP contribution in [0.3, 0.4) is 0 Å². The molecule has 0 amide bonds. The lowest BCUT2D eigenvalue weighted by molar-refractivity contribution is -0.122. The number of hydrogen-bond donors (Lipinski definition) is 0. The summed E-state index contributed by atoms with van der Waals surface area (Å²) in [4.78, 5) is 30.0. The molecule has 4 nitrogen and oxygen atoms in total. The molecule has 0 aromatic heterocycles. The number of carbonyl (C=O) groups is 2. The predicted octanol–water partition coefficient (Wildman–Crippen LogP) is 3.87. The second kappa shape index (κ2) is 6.10. The number of nitrogens with zero attached hydrogens (tertiary/aromatic N) is 1. The van der Waals surface area contributed by atoms with Gasteiger partial charge in [0, 0.05) is 11.8 Å². The number of rotatable bonds is 2. The summed E-state index contributed by atoms with van der Waals surface area (Å²) in [7, 11) is 0. The van der Waals surface area contributed by atoms with Gasteiger partial charge in [-0.05, 0) is 62.3 Å². The van der Waals surface area contributed by atoms with E-state index in [9.17, 15) is 9.59 Å². The maximum Gasteiger partial charge on any atom is 0.365 e. The third-order valence-corrected chi connectivity index (χ3v) is 5.67. The summed E-state index contributed by atoms with van der Waals surface area (Å²) in [6.45, 7) is 3.84. The van der Waals surface area contributed by atoms with E-state index < -0.39 is 5.97 Å². The van der Waals surface area contributed by atoms with Gasteiger partial charge in [-0.1, -0.05) is 35.0 Å². The Balaban J connectivity index is 1.62. The standard InChI is InChI=1S/C21H21NO3/c1-12-3-5-16(6-4-12)21(24)25-22-20-13(2)11-17(23)18-14-7-9-15(10-8-14)19(18)20/h3-7,9,11,14-15,18-19H,8,10H2,1-2H3/b22-20+/t14-,15-,18-,19-/m0/s1. The van der Waals surface area contributed by atoms with Crippen LogP contribution in [-0.4, -0.2) is 17.5 Å². The van der Waals surface area contributed by atoms with Gasteiger partial charge in [0.2, 0.25) is 0 Å². The lowest BCUT2D eigenvalue weighted by Crippen LogP contribution is -2.47. The Bertz CT molecular complexity index is 816. The normalized spacial score (nSPS) is 31.7. The first-order valence-corrected chi connectivity index (χ1v) is 8.81. The fourth-order valence-corrected chi connectivity index (χ4v) is 4.37. The molecule has 0 spiro atoms. The van der Waals surface area contributed by atoms with Crippen molar-refractivity contribution in [3.8, 4) is 0 Å². The molecular weight excluding hydrogens is 314 g/mol. The summed E-state index contributed by atoms with van der Waals surface area (Å²) in [6.07, 6.45) is 8.16. The van der Waals surface area contributed by atoms with Gasteiger partial charge in [0.1, 0.15) is 0 Å². The smallest absolute Gasteiger partial charge is 0.313 e. The van der Waals surface area contributed by atoms with Crippen LogP contribution in [0.2, 0.25) is 0 Å². The molecule has 1 aromatic rings. The number of allylic oxidation sites excluding steroid dienone is 4. The molecule has 4 heteroatoms. The molecular formula is C21H21NO3. The third kappa shape index (κ3) is 2.76. The van der Waals surface area contributed by atoms with Crippen LogP contribution in [0.4, 0.5) is 0 Å². The first kappa shape index (κ1) is 16.0. The average molecular weight is 335 g/mol. The molecule has 4 aliphatic rings. The molecule has 0 aliphatic heterocycles. The Morgan fingerprint density at radius 2 is 1.68 bits per heavy atom. The van der Waals surface area contributed by atoms with Crippen molar-refractivity contribution < 1.29 is 14.4 Å². The van der Waals surface area contributed by atoms with Crippen LogP contribution in [0.25, 0.3) is 0 Å². The molecule has 4 aliphatic carbocycles. The van der Waals surface area contributed by atoms with Crippen LogP contribution in [0, 0.1) is 30.6 Å². The molecule has 0 N–H and O–H groups in total. The van der Waals surface area contributed by atoms with Crippen molar-refractivity contribution in [2.45, 2.75) is 26.7 Å². The Labute approximate surface area is 147 Å². The number of aryl methyl sites for hydroxylation is 1. The monoisotopic (exact) mass is 335 g/mol. The van der Waals surface area contributed by atoms with E-state index in [1.165, 1.54) is 0 Å². The lowest BCUT2D eigenvalue weighted by Gasteiger charge is -2.46. The van der Waals surface area contributed by atoms with Crippen molar-refractivity contribution in [1.82, 2.24) is 0 Å². The lowest BCUT2D eigenvalue weighted by atomic mass is 9.57. The molecule has 25 heavy (non-hydrogen) atoms. The third-order valence-electron chi connectivity index (χ3n) is 5.67. The topological polar surface area (TPSA) is 55.7 Å². The van der Waals surface area contributed by atoms with Gasteiger partial charge in [0.25, 0.3) is 0 Å². The summed E-state index contributed by atoms with van der Waals surface area (Å²) in [5.74, 6) is 0.288. The van der Waals surface area contributed by atoms with Crippen LogP contribution in [0.15, 0.2) is 53.2 Å². The Morgan fingerprint density at radius 1 is 1.04 bits per heavy atom. The van der Waals surface area contributed by atoms with E-state index in [1.807, 2.05) is 26.0 Å². The molecule has 0 unspecified atom stereocenters. The quantitative estimate of drug-likeness (QED) is 0.468. The number of ketones is 1. The fourth-order valence-electron chi connectivity index (χ4n) is 4.37. The zero-order valence-electron chi connectivity index (χ0n) is 14.4. The largest absolute Gasteiger partial charge is 0.365 e. The average Bonchev–Trinajstić information content (AvgIpc) is 2.62. The van der Waals surface area contributed by atoms with Crippen molar-refractivity contribution in [2.24, 2.45) is 28.8 Å². The zero-order chi connectivity index (χ0) is 17.6. The highest BCUT2D eigenvalue weighted by Gasteiger charge is 2.48. The van der Waals surface area contributed by atoms with E-state index in [4.69, 9.17) is 4.84 Å². The van der Waals surface area contributed by atoms with Crippen molar-refractivity contribution in [1.29, 1.82) is 0 Å². The number of carbonyl (C=O) groups excluding carboxylic acids is 2. The molecule has 0 radical (unpaired) electrons. The highest BCUT2D eigenvalue weighted by molar-refractivity contribution is 6.13. The maximum absolute atomic E-state index is 12.5. The molecule has 0 saturated heterocycles. The molecule has 2 bridgehead atoms. The molecule has 0 heterocycles. The highest BCUT2D eigenvalue weighted by atomic mass is 16.7.